The Labute approximate surface area is 122 Å². The molecule has 1 amide bonds. The highest BCUT2D eigenvalue weighted by atomic mass is 16.5. The lowest BCUT2D eigenvalue weighted by Crippen LogP contribution is -2.26. The summed E-state index contributed by atoms with van der Waals surface area (Å²) in [5.41, 5.74) is 0.765. The van der Waals surface area contributed by atoms with E-state index < -0.39 is 0 Å². The first kappa shape index (κ1) is 13.6. The van der Waals surface area contributed by atoms with Crippen molar-refractivity contribution in [3.8, 4) is 17.2 Å². The zero-order chi connectivity index (χ0) is 14.7. The summed E-state index contributed by atoms with van der Waals surface area (Å²) in [6.07, 6.45) is 2.54. The molecule has 1 fully saturated rings. The van der Waals surface area contributed by atoms with Gasteiger partial charge in [-0.3, -0.25) is 4.79 Å². The molecule has 3 rings (SSSR count). The summed E-state index contributed by atoms with van der Waals surface area (Å²) in [6.45, 7) is 0.517. The van der Waals surface area contributed by atoms with Crippen LogP contribution in [0.25, 0.3) is 11.5 Å². The molecule has 1 N–H and O–H groups in total. The van der Waals surface area contributed by atoms with Crippen molar-refractivity contribution in [3.63, 3.8) is 0 Å². The Morgan fingerprint density at radius 3 is 2.95 bits per heavy atom. The minimum absolute atomic E-state index is 0.125. The van der Waals surface area contributed by atoms with Gasteiger partial charge in [-0.15, -0.1) is 10.2 Å². The van der Waals surface area contributed by atoms with E-state index in [1.165, 1.54) is 0 Å². The van der Waals surface area contributed by atoms with E-state index in [0.29, 0.717) is 30.5 Å². The van der Waals surface area contributed by atoms with Gasteiger partial charge in [0.1, 0.15) is 5.75 Å². The van der Waals surface area contributed by atoms with Crippen LogP contribution in [-0.2, 0) is 11.2 Å². The molecule has 2 aromatic rings. The first-order chi connectivity index (χ1) is 10.3. The lowest BCUT2D eigenvalue weighted by molar-refractivity contribution is -0.122. The number of benzene rings is 1. The molecule has 1 aromatic carbocycles. The Kier molecular flexibility index (Phi) is 3.85. The molecule has 0 spiro atoms. The maximum absolute atomic E-state index is 11.5. The minimum Gasteiger partial charge on any atom is -0.496 e. The van der Waals surface area contributed by atoms with Crippen LogP contribution in [0.3, 0.4) is 0 Å². The van der Waals surface area contributed by atoms with Crippen LogP contribution >= 0.6 is 0 Å². The molecule has 1 aliphatic carbocycles. The lowest BCUT2D eigenvalue weighted by atomic mass is 10.2. The Bertz CT molecular complexity index is 635. The number of methoxy groups -OCH3 is 1. The van der Waals surface area contributed by atoms with Crippen LogP contribution < -0.4 is 10.1 Å². The summed E-state index contributed by atoms with van der Waals surface area (Å²) in [7, 11) is 1.60. The summed E-state index contributed by atoms with van der Waals surface area (Å²) < 4.78 is 10.9. The number of hydrogen-bond acceptors (Lipinski definition) is 5. The SMILES string of the molecule is COc1ccccc1-c1nnc(CCNC(=O)C2CC2)o1. The molecular formula is C15H17N3O3. The average Bonchev–Trinajstić information content (AvgIpc) is 3.27. The standard InChI is InChI=1S/C15H17N3O3/c1-20-12-5-3-2-4-11(12)15-18-17-13(21-15)8-9-16-14(19)10-6-7-10/h2-5,10H,6-9H2,1H3,(H,16,19). The van der Waals surface area contributed by atoms with Crippen molar-refractivity contribution < 1.29 is 13.9 Å². The van der Waals surface area contributed by atoms with Gasteiger partial charge >= 0.3 is 0 Å². The van der Waals surface area contributed by atoms with Crippen molar-refractivity contribution >= 4 is 5.91 Å². The average molecular weight is 287 g/mol. The van der Waals surface area contributed by atoms with Gasteiger partial charge in [-0.05, 0) is 25.0 Å². The first-order valence-electron chi connectivity index (χ1n) is 7.01. The van der Waals surface area contributed by atoms with Crippen LogP contribution in [0.15, 0.2) is 28.7 Å². The topological polar surface area (TPSA) is 77.3 Å². The van der Waals surface area contributed by atoms with E-state index in [1.54, 1.807) is 7.11 Å². The number of rotatable bonds is 6. The third-order valence-electron chi connectivity index (χ3n) is 3.39. The van der Waals surface area contributed by atoms with E-state index in [0.717, 1.165) is 18.4 Å². The van der Waals surface area contributed by atoms with Crippen molar-refractivity contribution in [1.82, 2.24) is 15.5 Å². The summed E-state index contributed by atoms with van der Waals surface area (Å²) >= 11 is 0. The fourth-order valence-corrected chi connectivity index (χ4v) is 2.07. The number of nitrogens with zero attached hydrogens (tertiary/aromatic N) is 2. The molecule has 6 nitrogen and oxygen atoms in total. The van der Waals surface area contributed by atoms with E-state index in [2.05, 4.69) is 15.5 Å². The predicted molar refractivity (Wildman–Crippen MR) is 75.7 cm³/mol. The van der Waals surface area contributed by atoms with Gasteiger partial charge in [0.2, 0.25) is 11.8 Å². The fraction of sp³-hybridized carbons (Fsp3) is 0.400. The molecule has 1 aliphatic rings. The number of aromatic nitrogens is 2. The Hall–Kier alpha value is -2.37. The van der Waals surface area contributed by atoms with Crippen LogP contribution in [0, 0.1) is 5.92 Å². The molecule has 6 heteroatoms. The zero-order valence-corrected chi connectivity index (χ0v) is 11.8. The van der Waals surface area contributed by atoms with Gasteiger partial charge in [0, 0.05) is 18.9 Å². The minimum atomic E-state index is 0.125. The van der Waals surface area contributed by atoms with E-state index in [-0.39, 0.29) is 11.8 Å². The molecule has 21 heavy (non-hydrogen) atoms. The highest BCUT2D eigenvalue weighted by molar-refractivity contribution is 5.80. The maximum Gasteiger partial charge on any atom is 0.251 e. The van der Waals surface area contributed by atoms with Crippen LogP contribution in [0.4, 0.5) is 0 Å². The highest BCUT2D eigenvalue weighted by Gasteiger charge is 2.29. The van der Waals surface area contributed by atoms with Gasteiger partial charge in [-0.25, -0.2) is 0 Å². The second-order valence-corrected chi connectivity index (χ2v) is 5.02. The summed E-state index contributed by atoms with van der Waals surface area (Å²) in [5, 5.41) is 10.9. The quantitative estimate of drug-likeness (QED) is 0.876. The first-order valence-corrected chi connectivity index (χ1v) is 7.01. The number of amides is 1. The Balaban J connectivity index is 1.61. The van der Waals surface area contributed by atoms with Gasteiger partial charge in [0.25, 0.3) is 5.89 Å². The van der Waals surface area contributed by atoms with Crippen molar-refractivity contribution in [2.45, 2.75) is 19.3 Å². The zero-order valence-electron chi connectivity index (χ0n) is 11.8. The number of carbonyl (C=O) groups is 1. The van der Waals surface area contributed by atoms with Crippen LogP contribution in [0.1, 0.15) is 18.7 Å². The Morgan fingerprint density at radius 1 is 1.38 bits per heavy atom. The van der Waals surface area contributed by atoms with Crippen molar-refractivity contribution in [1.29, 1.82) is 0 Å². The third-order valence-corrected chi connectivity index (χ3v) is 3.39. The molecule has 0 saturated heterocycles. The van der Waals surface area contributed by atoms with Gasteiger partial charge < -0.3 is 14.5 Å². The molecular weight excluding hydrogens is 270 g/mol. The number of carbonyl (C=O) groups excluding carboxylic acids is 1. The molecule has 1 aromatic heterocycles. The van der Waals surface area contributed by atoms with Gasteiger partial charge in [0.05, 0.1) is 12.7 Å². The maximum atomic E-state index is 11.5. The molecule has 110 valence electrons. The predicted octanol–water partition coefficient (Wildman–Crippen LogP) is 1.81. The van der Waals surface area contributed by atoms with E-state index >= 15 is 0 Å². The number of ether oxygens (including phenoxy) is 1. The second-order valence-electron chi connectivity index (χ2n) is 5.02. The lowest BCUT2D eigenvalue weighted by Gasteiger charge is -2.03. The summed E-state index contributed by atoms with van der Waals surface area (Å²) in [4.78, 5) is 11.5. The normalized spacial score (nSPS) is 14.0. The summed E-state index contributed by atoms with van der Waals surface area (Å²) in [6, 6.07) is 7.48. The number of para-hydroxylation sites is 1. The molecule has 1 saturated carbocycles. The van der Waals surface area contributed by atoms with Crippen LogP contribution in [-0.4, -0.2) is 29.8 Å². The van der Waals surface area contributed by atoms with Gasteiger partial charge in [0.15, 0.2) is 0 Å². The van der Waals surface area contributed by atoms with Gasteiger partial charge in [-0.2, -0.15) is 0 Å². The van der Waals surface area contributed by atoms with Crippen LogP contribution in [0.5, 0.6) is 5.75 Å². The van der Waals surface area contributed by atoms with Gasteiger partial charge in [-0.1, -0.05) is 12.1 Å². The molecule has 0 bridgehead atoms. The van der Waals surface area contributed by atoms with E-state index in [9.17, 15) is 4.79 Å². The smallest absolute Gasteiger partial charge is 0.251 e. The molecule has 0 radical (unpaired) electrons. The third kappa shape index (κ3) is 3.21. The highest BCUT2D eigenvalue weighted by Crippen LogP contribution is 2.29. The monoisotopic (exact) mass is 287 g/mol. The molecule has 1 heterocycles. The molecule has 0 unspecified atom stereocenters. The van der Waals surface area contributed by atoms with Crippen LogP contribution in [0.2, 0.25) is 0 Å². The summed E-state index contributed by atoms with van der Waals surface area (Å²) in [5.74, 6) is 1.97. The van der Waals surface area contributed by atoms with E-state index in [1.807, 2.05) is 24.3 Å². The number of nitrogens with one attached hydrogen (secondary N) is 1. The fourth-order valence-electron chi connectivity index (χ4n) is 2.07. The largest absolute Gasteiger partial charge is 0.496 e. The number of hydrogen-bond donors (Lipinski definition) is 1. The van der Waals surface area contributed by atoms with Crippen molar-refractivity contribution in [3.05, 3.63) is 30.2 Å². The Morgan fingerprint density at radius 2 is 2.19 bits per heavy atom. The van der Waals surface area contributed by atoms with E-state index in [4.69, 9.17) is 9.15 Å². The molecule has 0 aliphatic heterocycles. The molecule has 0 atom stereocenters. The second kappa shape index (κ2) is 5.95. The van der Waals surface area contributed by atoms with Crippen molar-refractivity contribution in [2.75, 3.05) is 13.7 Å². The van der Waals surface area contributed by atoms with Crippen molar-refractivity contribution in [2.24, 2.45) is 5.92 Å².